The van der Waals surface area contributed by atoms with Crippen LogP contribution in [0.1, 0.15) is 80.3 Å². The van der Waals surface area contributed by atoms with Crippen LogP contribution in [0.4, 0.5) is 17.3 Å². The van der Waals surface area contributed by atoms with Crippen LogP contribution in [-0.4, -0.2) is 60.2 Å². The lowest BCUT2D eigenvalue weighted by Crippen LogP contribution is -2.46. The van der Waals surface area contributed by atoms with Gasteiger partial charge in [0, 0.05) is 85.8 Å². The van der Waals surface area contributed by atoms with Gasteiger partial charge < -0.3 is 31.6 Å². The highest BCUT2D eigenvalue weighted by Gasteiger charge is 2.22. The third-order valence-electron chi connectivity index (χ3n) is 10.2. The van der Waals surface area contributed by atoms with Crippen LogP contribution in [0.15, 0.2) is 54.6 Å². The number of H-pyrrole nitrogens is 1. The molecule has 252 valence electrons. The summed E-state index contributed by atoms with van der Waals surface area (Å²) in [5.41, 5.74) is 15.1. The van der Waals surface area contributed by atoms with Gasteiger partial charge >= 0.3 is 0 Å². The number of hydrogen-bond donors (Lipinski definition) is 5. The predicted octanol–water partition coefficient (Wildman–Crippen LogP) is 6.61. The number of fused-ring (bicyclic) bond motifs is 1. The van der Waals surface area contributed by atoms with Gasteiger partial charge in [-0.15, -0.1) is 0 Å². The maximum Gasteiger partial charge on any atom is 0.133 e. The number of rotatable bonds is 15. The van der Waals surface area contributed by atoms with Gasteiger partial charge in [-0.1, -0.05) is 75.6 Å². The van der Waals surface area contributed by atoms with Crippen molar-refractivity contribution in [2.24, 2.45) is 0 Å². The topological polar surface area (TPSA) is 97.3 Å². The Morgan fingerprint density at radius 2 is 1.57 bits per heavy atom. The van der Waals surface area contributed by atoms with Crippen molar-refractivity contribution < 1.29 is 0 Å². The summed E-state index contributed by atoms with van der Waals surface area (Å²) >= 11 is 0. The van der Waals surface area contributed by atoms with Gasteiger partial charge in [0.25, 0.3) is 0 Å². The van der Waals surface area contributed by atoms with Crippen molar-refractivity contribution in [1.82, 2.24) is 25.5 Å². The second-order valence-electron chi connectivity index (χ2n) is 13.5. The Labute approximate surface area is 281 Å². The second kappa shape index (κ2) is 16.5. The normalized spacial score (nSPS) is 16.3. The van der Waals surface area contributed by atoms with Crippen molar-refractivity contribution in [3.05, 3.63) is 82.5 Å². The molecule has 1 aliphatic heterocycles. The van der Waals surface area contributed by atoms with E-state index in [2.05, 4.69) is 99.2 Å². The molecule has 1 saturated heterocycles. The van der Waals surface area contributed by atoms with Crippen LogP contribution in [0.2, 0.25) is 0 Å². The lowest BCUT2D eigenvalue weighted by molar-refractivity contribution is 0.246. The summed E-state index contributed by atoms with van der Waals surface area (Å²) in [6.45, 7) is 13.0. The molecular formula is C39H56N8. The van der Waals surface area contributed by atoms with Crippen LogP contribution in [0.5, 0.6) is 0 Å². The van der Waals surface area contributed by atoms with Crippen LogP contribution in [0, 0.1) is 0 Å². The van der Waals surface area contributed by atoms with Crippen molar-refractivity contribution in [2.45, 2.75) is 90.9 Å². The number of benzene rings is 2. The summed E-state index contributed by atoms with van der Waals surface area (Å²) in [6.07, 6.45) is 9.98. The molecule has 2 fully saturated rings. The van der Waals surface area contributed by atoms with Crippen molar-refractivity contribution in [1.29, 1.82) is 0 Å². The highest BCUT2D eigenvalue weighted by atomic mass is 15.3. The van der Waals surface area contributed by atoms with E-state index in [1.807, 2.05) is 0 Å². The predicted molar refractivity (Wildman–Crippen MR) is 198 cm³/mol. The van der Waals surface area contributed by atoms with E-state index in [-0.39, 0.29) is 0 Å². The first-order valence-corrected chi connectivity index (χ1v) is 18.2. The van der Waals surface area contributed by atoms with E-state index in [4.69, 9.17) is 10.7 Å². The molecule has 0 unspecified atom stereocenters. The van der Waals surface area contributed by atoms with Gasteiger partial charge in [0.15, 0.2) is 0 Å². The van der Waals surface area contributed by atoms with Gasteiger partial charge in [-0.05, 0) is 68.0 Å². The fraction of sp³-hybridized carbons (Fsp3) is 0.513. The summed E-state index contributed by atoms with van der Waals surface area (Å²) in [5, 5.41) is 12.3. The number of nitrogens with one attached hydrogen (secondary N) is 4. The Balaban J connectivity index is 0.978. The highest BCUT2D eigenvalue weighted by Crippen LogP contribution is 2.29. The molecule has 8 nitrogen and oxygen atoms in total. The van der Waals surface area contributed by atoms with E-state index in [0.717, 1.165) is 101 Å². The van der Waals surface area contributed by atoms with Crippen LogP contribution in [0.25, 0.3) is 10.9 Å². The monoisotopic (exact) mass is 636 g/mol. The first-order chi connectivity index (χ1) is 23.1. The number of para-hydroxylation sites is 1. The van der Waals surface area contributed by atoms with Crippen molar-refractivity contribution in [2.75, 3.05) is 55.2 Å². The molecule has 47 heavy (non-hydrogen) atoms. The second-order valence-corrected chi connectivity index (χ2v) is 13.5. The molecule has 0 amide bonds. The van der Waals surface area contributed by atoms with Crippen LogP contribution >= 0.6 is 0 Å². The number of aromatic amines is 1. The van der Waals surface area contributed by atoms with Gasteiger partial charge in [0.1, 0.15) is 11.6 Å². The number of nitrogens with two attached hydrogens (primary N) is 1. The van der Waals surface area contributed by atoms with E-state index in [1.54, 1.807) is 0 Å². The molecule has 1 saturated carbocycles. The number of pyridine rings is 1. The number of piperazine rings is 1. The summed E-state index contributed by atoms with van der Waals surface area (Å²) < 4.78 is 0. The standard InChI is InChI=1S/C39H56N8/c1-3-32-34-13-8-9-14-36(34)44-37(32)28-46-21-23-47(24-22-46)38-25-35(40)33(4-2)39(45-38)43-27-30-17-15-29(16-18-30)26-41-19-10-20-42-31-11-6-5-7-12-31/h8-9,13-18,25,31,41-42,44H,3-7,10-12,19-24,26-28H2,1-2H3,(H3,40,43,45). The number of aromatic nitrogens is 2. The molecule has 3 heterocycles. The zero-order valence-electron chi connectivity index (χ0n) is 28.7. The fourth-order valence-electron chi connectivity index (χ4n) is 7.43. The summed E-state index contributed by atoms with van der Waals surface area (Å²) in [4.78, 5) is 13.7. The van der Waals surface area contributed by atoms with Crippen LogP contribution < -0.4 is 26.6 Å². The molecule has 2 aliphatic rings. The Bertz CT molecular complexity index is 1550. The van der Waals surface area contributed by atoms with Gasteiger partial charge in [-0.25, -0.2) is 4.98 Å². The maximum atomic E-state index is 6.61. The molecule has 0 spiro atoms. The lowest BCUT2D eigenvalue weighted by Gasteiger charge is -2.35. The van der Waals surface area contributed by atoms with Gasteiger partial charge in [0.05, 0.1) is 0 Å². The smallest absolute Gasteiger partial charge is 0.133 e. The van der Waals surface area contributed by atoms with E-state index < -0.39 is 0 Å². The number of nitrogens with zero attached hydrogens (tertiary/aromatic N) is 3. The first-order valence-electron chi connectivity index (χ1n) is 18.2. The first kappa shape index (κ1) is 33.3. The number of hydrogen-bond acceptors (Lipinski definition) is 7. The minimum absolute atomic E-state index is 0.724. The molecule has 1 aliphatic carbocycles. The number of nitrogen functional groups attached to an aromatic ring is 1. The average molecular weight is 637 g/mol. The minimum Gasteiger partial charge on any atom is -0.398 e. The number of anilines is 3. The maximum absolute atomic E-state index is 6.61. The molecule has 0 atom stereocenters. The molecule has 8 heteroatoms. The van der Waals surface area contributed by atoms with Gasteiger partial charge in [-0.2, -0.15) is 0 Å². The Kier molecular flexibility index (Phi) is 11.7. The molecule has 2 aromatic heterocycles. The van der Waals surface area contributed by atoms with Crippen molar-refractivity contribution in [3.63, 3.8) is 0 Å². The molecule has 2 aromatic carbocycles. The lowest BCUT2D eigenvalue weighted by atomic mass is 9.95. The Morgan fingerprint density at radius 3 is 2.32 bits per heavy atom. The zero-order chi connectivity index (χ0) is 32.4. The van der Waals surface area contributed by atoms with E-state index in [9.17, 15) is 0 Å². The van der Waals surface area contributed by atoms with Crippen LogP contribution in [-0.2, 0) is 32.5 Å². The van der Waals surface area contributed by atoms with Gasteiger partial charge in [0.2, 0.25) is 0 Å². The van der Waals surface area contributed by atoms with Gasteiger partial charge in [-0.3, -0.25) is 4.90 Å². The molecule has 6 N–H and O–H groups in total. The quantitative estimate of drug-likeness (QED) is 0.0938. The third kappa shape index (κ3) is 8.66. The minimum atomic E-state index is 0.724. The Morgan fingerprint density at radius 1 is 0.851 bits per heavy atom. The van der Waals surface area contributed by atoms with E-state index >= 15 is 0 Å². The third-order valence-corrected chi connectivity index (χ3v) is 10.2. The Hall–Kier alpha value is -3.59. The number of aryl methyl sites for hydroxylation is 1. The fourth-order valence-corrected chi connectivity index (χ4v) is 7.43. The molecular weight excluding hydrogens is 580 g/mol. The molecule has 0 bridgehead atoms. The molecule has 6 rings (SSSR count). The van der Waals surface area contributed by atoms with Crippen LogP contribution in [0.3, 0.4) is 0 Å². The average Bonchev–Trinajstić information content (AvgIpc) is 3.46. The highest BCUT2D eigenvalue weighted by molar-refractivity contribution is 5.84. The summed E-state index contributed by atoms with van der Waals surface area (Å²) in [6, 6.07) is 20.4. The van der Waals surface area contributed by atoms with E-state index in [0.29, 0.717) is 0 Å². The summed E-state index contributed by atoms with van der Waals surface area (Å²) in [7, 11) is 0. The molecule has 0 radical (unpaired) electrons. The van der Waals surface area contributed by atoms with Crippen molar-refractivity contribution in [3.8, 4) is 0 Å². The largest absolute Gasteiger partial charge is 0.398 e. The van der Waals surface area contributed by atoms with Crippen molar-refractivity contribution >= 4 is 28.2 Å². The zero-order valence-corrected chi connectivity index (χ0v) is 28.7. The van der Waals surface area contributed by atoms with E-state index in [1.165, 1.54) is 71.8 Å². The molecule has 4 aromatic rings. The SMILES string of the molecule is CCc1c(N)cc(N2CCN(Cc3[nH]c4ccccc4c3CC)CC2)nc1NCc1ccc(CNCCCNC2CCCCC2)cc1. The summed E-state index contributed by atoms with van der Waals surface area (Å²) in [5.74, 6) is 1.88.